The summed E-state index contributed by atoms with van der Waals surface area (Å²) in [7, 11) is 0. The van der Waals surface area contributed by atoms with Gasteiger partial charge in [-0.05, 0) is 61.2 Å². The number of thioether (sulfide) groups is 1. The number of carboxylic acids is 1. The minimum absolute atomic E-state index is 0.170. The van der Waals surface area contributed by atoms with E-state index in [2.05, 4.69) is 11.9 Å². The van der Waals surface area contributed by atoms with Gasteiger partial charge in [-0.3, -0.25) is 9.59 Å². The zero-order valence-electron chi connectivity index (χ0n) is 24.2. The fourth-order valence-corrected chi connectivity index (χ4v) is 4.96. The molecule has 0 saturated heterocycles. The minimum Gasteiger partial charge on any atom is -0.492 e. The Morgan fingerprint density at radius 1 is 0.930 bits per heavy atom. The lowest BCUT2D eigenvalue weighted by Crippen LogP contribution is -2.35. The first-order valence-corrected chi connectivity index (χ1v) is 15.0. The van der Waals surface area contributed by atoms with E-state index in [0.717, 1.165) is 16.1 Å². The predicted molar refractivity (Wildman–Crippen MR) is 172 cm³/mol. The first-order valence-electron chi connectivity index (χ1n) is 13.8. The van der Waals surface area contributed by atoms with E-state index in [1.807, 2.05) is 48.7 Å². The first-order chi connectivity index (χ1) is 20.8. The summed E-state index contributed by atoms with van der Waals surface area (Å²) in [6.45, 7) is 6.08. The maximum atomic E-state index is 13.1. The number of amides is 1. The van der Waals surface area contributed by atoms with Crippen LogP contribution in [-0.4, -0.2) is 48.2 Å². The Balaban J connectivity index is 1.40. The monoisotopic (exact) mass is 594 g/mol. The van der Waals surface area contributed by atoms with Crippen LogP contribution < -0.4 is 15.0 Å². The fraction of sp³-hybridized carbons (Fsp3) is 0.171. The van der Waals surface area contributed by atoms with Crippen molar-refractivity contribution < 1.29 is 24.2 Å². The van der Waals surface area contributed by atoms with E-state index >= 15 is 0 Å². The third kappa shape index (κ3) is 8.36. The van der Waals surface area contributed by atoms with Gasteiger partial charge in [0.05, 0.1) is 6.54 Å². The molecule has 4 rings (SSSR count). The fourth-order valence-electron chi connectivity index (χ4n) is 4.51. The van der Waals surface area contributed by atoms with Crippen molar-refractivity contribution in [2.75, 3.05) is 29.6 Å². The normalized spacial score (nSPS) is 11.3. The minimum atomic E-state index is -1.03. The molecular weight excluding hydrogens is 560 g/mol. The third-order valence-corrected chi connectivity index (χ3v) is 7.48. The van der Waals surface area contributed by atoms with Crippen molar-refractivity contribution in [1.29, 1.82) is 0 Å². The number of carbonyl (C=O) groups excluding carboxylic acids is 2. The highest BCUT2D eigenvalue weighted by Crippen LogP contribution is 2.24. The van der Waals surface area contributed by atoms with E-state index in [4.69, 9.17) is 4.74 Å². The molecule has 1 atom stereocenters. The highest BCUT2D eigenvalue weighted by Gasteiger charge is 2.22. The van der Waals surface area contributed by atoms with Crippen LogP contribution >= 0.6 is 11.8 Å². The number of rotatable bonds is 14. The van der Waals surface area contributed by atoms with E-state index in [-0.39, 0.29) is 24.7 Å². The molecule has 0 heterocycles. The summed E-state index contributed by atoms with van der Waals surface area (Å²) in [5.41, 5.74) is 3.39. The van der Waals surface area contributed by atoms with Crippen LogP contribution in [0.25, 0.3) is 0 Å². The Morgan fingerprint density at radius 3 is 2.30 bits per heavy atom. The van der Waals surface area contributed by atoms with Gasteiger partial charge in [0.15, 0.2) is 5.78 Å². The first kappa shape index (κ1) is 31.1. The van der Waals surface area contributed by atoms with Crippen LogP contribution in [0.3, 0.4) is 0 Å². The number of nitrogens with zero attached hydrogens (tertiary/aromatic N) is 1. The summed E-state index contributed by atoms with van der Waals surface area (Å²) in [6, 6.07) is 29.8. The number of hydrogen-bond acceptors (Lipinski definition) is 6. The van der Waals surface area contributed by atoms with Gasteiger partial charge in [0.25, 0.3) is 5.91 Å². The van der Waals surface area contributed by atoms with Crippen LogP contribution in [0.5, 0.6) is 5.75 Å². The van der Waals surface area contributed by atoms with Gasteiger partial charge in [0.1, 0.15) is 18.4 Å². The Labute approximate surface area is 256 Å². The summed E-state index contributed by atoms with van der Waals surface area (Å²) in [4.78, 5) is 40.8. The number of ether oxygens (including phenoxy) is 1. The lowest BCUT2D eigenvalue weighted by molar-refractivity contribution is -0.137. The Morgan fingerprint density at radius 2 is 1.63 bits per heavy atom. The average Bonchev–Trinajstić information content (AvgIpc) is 3.03. The van der Waals surface area contributed by atoms with Gasteiger partial charge in [-0.15, -0.1) is 11.8 Å². The Hall–Kier alpha value is -4.82. The van der Waals surface area contributed by atoms with E-state index in [0.29, 0.717) is 34.7 Å². The lowest BCUT2D eigenvalue weighted by Gasteiger charge is -2.23. The van der Waals surface area contributed by atoms with E-state index in [1.54, 1.807) is 84.2 Å². The number of hydrogen-bond donors (Lipinski definition) is 2. The molecule has 43 heavy (non-hydrogen) atoms. The Bertz CT molecular complexity index is 1590. The van der Waals surface area contributed by atoms with Crippen LogP contribution in [0.4, 0.5) is 11.4 Å². The smallest absolute Gasteiger partial charge is 0.326 e. The summed E-state index contributed by atoms with van der Waals surface area (Å²) in [5, 5.41) is 13.0. The number of benzene rings is 4. The van der Waals surface area contributed by atoms with Crippen molar-refractivity contribution in [3.8, 4) is 5.75 Å². The van der Waals surface area contributed by atoms with E-state index < -0.39 is 12.0 Å². The number of carboxylic acid groups (broad SMARTS) is 1. The maximum absolute atomic E-state index is 13.1. The zero-order chi connectivity index (χ0) is 30.8. The molecule has 0 aliphatic heterocycles. The second-order valence-corrected chi connectivity index (χ2v) is 10.8. The zero-order valence-corrected chi connectivity index (χ0v) is 25.0. The molecule has 1 amide bonds. The molecule has 0 saturated carbocycles. The number of nitrogens with one attached hydrogen (secondary N) is 1. The number of carbonyl (C=O) groups is 3. The predicted octanol–water partition coefficient (Wildman–Crippen LogP) is 6.74. The van der Waals surface area contributed by atoms with Crippen molar-refractivity contribution in [3.05, 3.63) is 132 Å². The van der Waals surface area contributed by atoms with Crippen molar-refractivity contribution in [2.24, 2.45) is 0 Å². The van der Waals surface area contributed by atoms with Crippen molar-refractivity contribution in [1.82, 2.24) is 0 Å². The SMILES string of the molecule is C=C(C)C(=O)N(CCOc1ccc(CC(Nc2ccccc2C(=O)c2ccccc2)C(=O)O)cc1)c1cccc(SC)c1. The van der Waals surface area contributed by atoms with Crippen molar-refractivity contribution >= 4 is 40.8 Å². The van der Waals surface area contributed by atoms with E-state index in [9.17, 15) is 19.5 Å². The molecule has 0 radical (unpaired) electrons. The third-order valence-electron chi connectivity index (χ3n) is 6.76. The molecule has 0 spiro atoms. The van der Waals surface area contributed by atoms with Crippen LogP contribution in [0.2, 0.25) is 0 Å². The quantitative estimate of drug-likeness (QED) is 0.0949. The lowest BCUT2D eigenvalue weighted by atomic mass is 10.00. The van der Waals surface area contributed by atoms with Crippen LogP contribution in [-0.2, 0) is 16.0 Å². The molecule has 0 aliphatic carbocycles. The molecule has 0 aliphatic rings. The highest BCUT2D eigenvalue weighted by molar-refractivity contribution is 7.98. The number of aliphatic carboxylic acids is 1. The Kier molecular flexibility index (Phi) is 10.8. The van der Waals surface area contributed by atoms with Gasteiger partial charge in [-0.25, -0.2) is 4.79 Å². The maximum Gasteiger partial charge on any atom is 0.326 e. The van der Waals surface area contributed by atoms with Gasteiger partial charge in [0.2, 0.25) is 0 Å². The van der Waals surface area contributed by atoms with Crippen molar-refractivity contribution in [3.63, 3.8) is 0 Å². The summed E-state index contributed by atoms with van der Waals surface area (Å²) < 4.78 is 5.93. The van der Waals surface area contributed by atoms with Gasteiger partial charge in [-0.1, -0.05) is 67.2 Å². The molecule has 0 aromatic heterocycles. The molecule has 1 unspecified atom stereocenters. The number of para-hydroxylation sites is 1. The molecular formula is C35H34N2O5S. The number of anilines is 2. The molecule has 7 nitrogen and oxygen atoms in total. The average molecular weight is 595 g/mol. The molecule has 2 N–H and O–H groups in total. The second-order valence-electron chi connectivity index (χ2n) is 9.91. The largest absolute Gasteiger partial charge is 0.492 e. The van der Waals surface area contributed by atoms with Gasteiger partial charge in [-0.2, -0.15) is 0 Å². The molecule has 220 valence electrons. The summed E-state index contributed by atoms with van der Waals surface area (Å²) >= 11 is 1.60. The second kappa shape index (κ2) is 14.9. The topological polar surface area (TPSA) is 95.9 Å². The number of ketones is 1. The molecule has 4 aromatic rings. The molecule has 0 fully saturated rings. The van der Waals surface area contributed by atoms with Gasteiger partial charge >= 0.3 is 5.97 Å². The highest BCUT2D eigenvalue weighted by atomic mass is 32.2. The van der Waals surface area contributed by atoms with Crippen molar-refractivity contribution in [2.45, 2.75) is 24.3 Å². The van der Waals surface area contributed by atoms with Crippen LogP contribution in [0, 0.1) is 0 Å². The summed E-state index contributed by atoms with van der Waals surface area (Å²) in [5.74, 6) is -0.788. The summed E-state index contributed by atoms with van der Waals surface area (Å²) in [6.07, 6.45) is 2.17. The standard InChI is InChI=1S/C35H34N2O5S/c1-24(2)34(39)37(27-12-9-13-29(23-27)43-3)20-21-42-28-18-16-25(17-19-28)22-32(35(40)41)36-31-15-8-7-14-30(31)33(38)26-10-5-4-6-11-26/h4-19,23,32,36H,1,20-22H2,2-3H3,(H,40,41). The van der Waals surface area contributed by atoms with E-state index in [1.165, 1.54) is 0 Å². The van der Waals surface area contributed by atoms with Crippen LogP contribution in [0.1, 0.15) is 28.4 Å². The molecule has 0 bridgehead atoms. The van der Waals surface area contributed by atoms with Gasteiger partial charge in [0, 0.05) is 39.4 Å². The van der Waals surface area contributed by atoms with Crippen LogP contribution in [0.15, 0.2) is 120 Å². The molecule has 4 aromatic carbocycles. The molecule has 8 heteroatoms. The van der Waals surface area contributed by atoms with Gasteiger partial charge < -0.3 is 20.1 Å².